The Hall–Kier alpha value is -3.97. The first-order valence-electron chi connectivity index (χ1n) is 10.4. The molecule has 0 aliphatic heterocycles. The highest BCUT2D eigenvalue weighted by Gasteiger charge is 2.22. The van der Waals surface area contributed by atoms with Gasteiger partial charge in [0.15, 0.2) is 5.75 Å². The molecule has 0 heterocycles. The summed E-state index contributed by atoms with van der Waals surface area (Å²) in [5.74, 6) is -0.141. The summed E-state index contributed by atoms with van der Waals surface area (Å²) in [7, 11) is 1.60. The van der Waals surface area contributed by atoms with E-state index in [0.717, 1.165) is 22.4 Å². The molecule has 33 heavy (non-hydrogen) atoms. The van der Waals surface area contributed by atoms with Crippen LogP contribution in [0, 0.1) is 5.82 Å². The predicted molar refractivity (Wildman–Crippen MR) is 126 cm³/mol. The fourth-order valence-electron chi connectivity index (χ4n) is 3.74. The monoisotopic (exact) mass is 446 g/mol. The number of methoxy groups -OCH3 is 1. The van der Waals surface area contributed by atoms with Crippen molar-refractivity contribution in [1.29, 1.82) is 0 Å². The molecule has 0 amide bonds. The molecular formula is C26H23FN2O4. The van der Waals surface area contributed by atoms with Crippen LogP contribution in [0.5, 0.6) is 11.5 Å². The molecule has 2 atom stereocenters. The molecule has 0 bridgehead atoms. The molecule has 3 N–H and O–H groups in total. The van der Waals surface area contributed by atoms with Crippen molar-refractivity contribution in [3.8, 4) is 11.5 Å². The van der Waals surface area contributed by atoms with Gasteiger partial charge in [-0.15, -0.1) is 0 Å². The van der Waals surface area contributed by atoms with Crippen molar-refractivity contribution in [1.82, 2.24) is 5.32 Å². The summed E-state index contributed by atoms with van der Waals surface area (Å²) in [6.45, 7) is 1.95. The highest BCUT2D eigenvalue weighted by molar-refractivity contribution is 5.69. The lowest BCUT2D eigenvalue weighted by atomic mass is 9.96. The zero-order valence-corrected chi connectivity index (χ0v) is 18.1. The van der Waals surface area contributed by atoms with Crippen LogP contribution < -0.4 is 26.2 Å². The molecule has 4 aromatic rings. The van der Waals surface area contributed by atoms with Crippen LogP contribution in [0.4, 0.5) is 15.8 Å². The van der Waals surface area contributed by atoms with Crippen molar-refractivity contribution in [3.05, 3.63) is 116 Å². The van der Waals surface area contributed by atoms with Crippen molar-refractivity contribution in [3.63, 3.8) is 0 Å². The molecule has 2 unspecified atom stereocenters. The molecule has 168 valence electrons. The van der Waals surface area contributed by atoms with Gasteiger partial charge in [0.25, 0.3) is 10.9 Å². The zero-order chi connectivity index (χ0) is 23.5. The molecule has 0 saturated heterocycles. The van der Waals surface area contributed by atoms with Crippen LogP contribution in [0.1, 0.15) is 35.7 Å². The smallest absolute Gasteiger partial charge is 0.271 e. The maximum atomic E-state index is 13.8. The Bertz CT molecular complexity index is 1340. The van der Waals surface area contributed by atoms with E-state index in [-0.39, 0.29) is 23.6 Å². The molecule has 0 aliphatic rings. The van der Waals surface area contributed by atoms with Gasteiger partial charge in [-0.05, 0) is 60.0 Å². The van der Waals surface area contributed by atoms with Crippen molar-refractivity contribution >= 4 is 11.4 Å². The molecule has 0 aliphatic carbocycles. The normalized spacial score (nSPS) is 12.9. The highest BCUT2D eigenvalue weighted by atomic mass is 19.1. The van der Waals surface area contributed by atoms with E-state index in [4.69, 9.17) is 4.74 Å². The average Bonchev–Trinajstić information content (AvgIpc) is 2.85. The number of hydrogen-bond donors (Lipinski definition) is 3. The molecule has 0 fully saturated rings. The quantitative estimate of drug-likeness (QED) is 0.350. The van der Waals surface area contributed by atoms with Crippen LogP contribution in [-0.2, 0) is 0 Å². The summed E-state index contributed by atoms with van der Waals surface area (Å²) >= 11 is 0. The van der Waals surface area contributed by atoms with Gasteiger partial charge in [-0.25, -0.2) is 4.39 Å². The first-order valence-corrected chi connectivity index (χ1v) is 10.4. The number of rotatable bonds is 8. The fraction of sp³-hybridized carbons (Fsp3) is 0.154. The van der Waals surface area contributed by atoms with E-state index in [9.17, 15) is 19.1 Å². The van der Waals surface area contributed by atoms with E-state index in [1.54, 1.807) is 19.2 Å². The second kappa shape index (κ2) is 9.26. The van der Waals surface area contributed by atoms with Gasteiger partial charge in [-0.3, -0.25) is 14.9 Å². The lowest BCUT2D eigenvalue weighted by molar-refractivity contribution is 0.414. The standard InChI is InChI=1S/C26H23FN2O4/c1-15(17-5-3-7-19(27)13-17)28-22(16-9-11-21(33-2)12-10-16)18-6-4-8-20(14-18)29-23-24(30)26(32)25(23)31/h3-15,22,28-30H,1-2H3. The van der Waals surface area contributed by atoms with Crippen molar-refractivity contribution in [2.75, 3.05) is 12.4 Å². The Kier molecular flexibility index (Phi) is 6.24. The minimum atomic E-state index is -0.893. The second-order valence-electron chi connectivity index (χ2n) is 7.78. The van der Waals surface area contributed by atoms with Gasteiger partial charge < -0.3 is 15.2 Å². The topological polar surface area (TPSA) is 87.7 Å². The van der Waals surface area contributed by atoms with Crippen molar-refractivity contribution < 1.29 is 14.2 Å². The minimum Gasteiger partial charge on any atom is -0.502 e. The maximum Gasteiger partial charge on any atom is 0.271 e. The predicted octanol–water partition coefficient (Wildman–Crippen LogP) is 4.32. The zero-order valence-electron chi connectivity index (χ0n) is 18.1. The van der Waals surface area contributed by atoms with Gasteiger partial charge in [-0.2, -0.15) is 0 Å². The van der Waals surface area contributed by atoms with Gasteiger partial charge in [0.2, 0.25) is 0 Å². The largest absolute Gasteiger partial charge is 0.502 e. The summed E-state index contributed by atoms with van der Waals surface area (Å²) < 4.78 is 19.0. The fourth-order valence-corrected chi connectivity index (χ4v) is 3.74. The number of aromatic hydroxyl groups is 1. The van der Waals surface area contributed by atoms with Crippen LogP contribution in [0.3, 0.4) is 0 Å². The summed E-state index contributed by atoms with van der Waals surface area (Å²) in [6, 6.07) is 20.9. The van der Waals surface area contributed by atoms with Crippen LogP contribution in [-0.4, -0.2) is 12.2 Å². The van der Waals surface area contributed by atoms with E-state index in [1.807, 2.05) is 55.5 Å². The Morgan fingerprint density at radius 3 is 2.24 bits per heavy atom. The molecule has 0 aromatic heterocycles. The van der Waals surface area contributed by atoms with Crippen LogP contribution in [0.2, 0.25) is 0 Å². The molecule has 4 aromatic carbocycles. The van der Waals surface area contributed by atoms with Gasteiger partial charge in [0.1, 0.15) is 17.3 Å². The van der Waals surface area contributed by atoms with Crippen molar-refractivity contribution in [2.45, 2.75) is 19.0 Å². The summed E-state index contributed by atoms with van der Waals surface area (Å²) in [6.07, 6.45) is 0. The Morgan fingerprint density at radius 1 is 0.879 bits per heavy atom. The van der Waals surface area contributed by atoms with Crippen molar-refractivity contribution in [2.24, 2.45) is 0 Å². The Labute approximate surface area is 190 Å². The van der Waals surface area contributed by atoms with Crippen LogP contribution >= 0.6 is 0 Å². The SMILES string of the molecule is COc1ccc(C(NC(C)c2cccc(F)c2)c2cccc(Nc3c(O)c(=O)c3=O)c2)cc1. The number of hydrogen-bond acceptors (Lipinski definition) is 6. The summed E-state index contributed by atoms with van der Waals surface area (Å²) in [4.78, 5) is 23.0. The van der Waals surface area contributed by atoms with Gasteiger partial charge >= 0.3 is 0 Å². The first kappa shape index (κ1) is 22.2. The lowest BCUT2D eigenvalue weighted by Gasteiger charge is -2.25. The summed E-state index contributed by atoms with van der Waals surface area (Å²) in [5, 5.41) is 16.0. The number of ether oxygens (including phenoxy) is 1. The van der Waals surface area contributed by atoms with E-state index in [0.29, 0.717) is 5.69 Å². The number of benzene rings is 3. The van der Waals surface area contributed by atoms with E-state index < -0.39 is 16.6 Å². The number of nitrogens with one attached hydrogen (secondary N) is 2. The van der Waals surface area contributed by atoms with E-state index in [1.165, 1.54) is 12.1 Å². The maximum absolute atomic E-state index is 13.8. The molecule has 0 radical (unpaired) electrons. The molecular weight excluding hydrogens is 423 g/mol. The first-order chi connectivity index (χ1) is 15.9. The van der Waals surface area contributed by atoms with E-state index >= 15 is 0 Å². The third-order valence-corrected chi connectivity index (χ3v) is 5.59. The summed E-state index contributed by atoms with van der Waals surface area (Å²) in [5.41, 5.74) is 1.42. The third kappa shape index (κ3) is 4.63. The highest BCUT2D eigenvalue weighted by Crippen LogP contribution is 2.30. The minimum absolute atomic E-state index is 0.112. The molecule has 4 rings (SSSR count). The lowest BCUT2D eigenvalue weighted by Crippen LogP contribution is -2.32. The number of anilines is 2. The van der Waals surface area contributed by atoms with Gasteiger partial charge in [0, 0.05) is 11.7 Å². The Morgan fingerprint density at radius 2 is 1.58 bits per heavy atom. The number of halogens is 1. The average molecular weight is 446 g/mol. The van der Waals surface area contributed by atoms with Gasteiger partial charge in [0.05, 0.1) is 13.2 Å². The van der Waals surface area contributed by atoms with Gasteiger partial charge in [-0.1, -0.05) is 36.4 Å². The van der Waals surface area contributed by atoms with Crippen LogP contribution in [0.15, 0.2) is 82.4 Å². The molecule has 0 spiro atoms. The van der Waals surface area contributed by atoms with Crippen LogP contribution in [0.25, 0.3) is 0 Å². The molecule has 7 heteroatoms. The Balaban J connectivity index is 1.68. The molecule has 0 saturated carbocycles. The second-order valence-corrected chi connectivity index (χ2v) is 7.78. The van der Waals surface area contributed by atoms with E-state index in [2.05, 4.69) is 10.6 Å². The third-order valence-electron chi connectivity index (χ3n) is 5.59. The molecule has 6 nitrogen and oxygen atoms in total.